The van der Waals surface area contributed by atoms with Crippen LogP contribution in [0, 0.1) is 0 Å². The molecule has 1 aromatic carbocycles. The number of amides is 1. The summed E-state index contributed by atoms with van der Waals surface area (Å²) in [6, 6.07) is 4.83. The van der Waals surface area contributed by atoms with Gasteiger partial charge in [-0.2, -0.15) is 0 Å². The van der Waals surface area contributed by atoms with Crippen molar-refractivity contribution in [1.29, 1.82) is 0 Å². The van der Waals surface area contributed by atoms with Gasteiger partial charge in [-0.3, -0.25) is 4.79 Å². The third kappa shape index (κ3) is 8.16. The monoisotopic (exact) mass is 326 g/mol. The lowest BCUT2D eigenvalue weighted by Gasteiger charge is -2.08. The molecule has 1 rings (SSSR count). The van der Waals surface area contributed by atoms with Crippen molar-refractivity contribution in [2.24, 2.45) is 0 Å². The zero-order valence-corrected chi connectivity index (χ0v) is 12.9. The second-order valence-electron chi connectivity index (χ2n) is 3.70. The topological polar surface area (TPSA) is 50.4 Å². The lowest BCUT2D eigenvalue weighted by atomic mass is 10.3. The van der Waals surface area contributed by atoms with E-state index in [1.165, 1.54) is 0 Å². The summed E-state index contributed by atoms with van der Waals surface area (Å²) in [5.74, 6) is 0.320. The third-order valence-corrected chi connectivity index (χ3v) is 2.57. The number of hydrogen-bond donors (Lipinski definition) is 2. The first-order valence-electron chi connectivity index (χ1n) is 5.62. The summed E-state index contributed by atoms with van der Waals surface area (Å²) in [6.07, 6.45) is 0.880. The zero-order chi connectivity index (χ0) is 13.4. The van der Waals surface area contributed by atoms with Crippen LogP contribution in [0.5, 0.6) is 5.75 Å². The summed E-state index contributed by atoms with van der Waals surface area (Å²) in [5.41, 5.74) is 0. The number of rotatable bonds is 7. The van der Waals surface area contributed by atoms with Gasteiger partial charge in [0.1, 0.15) is 5.75 Å². The van der Waals surface area contributed by atoms with E-state index in [1.54, 1.807) is 18.2 Å². The predicted octanol–water partition coefficient (Wildman–Crippen LogP) is 2.52. The molecule has 0 aliphatic rings. The van der Waals surface area contributed by atoms with Crippen molar-refractivity contribution in [3.8, 4) is 5.75 Å². The molecule has 0 unspecified atom stereocenters. The second kappa shape index (κ2) is 10.1. The highest BCUT2D eigenvalue weighted by molar-refractivity contribution is 6.34. The maximum Gasteiger partial charge on any atom is 0.257 e. The normalized spacial score (nSPS) is 9.63. The minimum atomic E-state index is -0.165. The molecule has 0 aliphatic heterocycles. The SMILES string of the molecule is CNCCCNC(=O)COc1cc(Cl)cc(Cl)c1.Cl. The standard InChI is InChI=1S/C12H16Cl2N2O2.ClH/c1-15-3-2-4-16-12(17)8-18-11-6-9(13)5-10(14)7-11;/h5-7,15H,2-4,8H2,1H3,(H,16,17);1H. The van der Waals surface area contributed by atoms with Crippen LogP contribution in [0.4, 0.5) is 0 Å². The molecule has 0 bridgehead atoms. The van der Waals surface area contributed by atoms with Gasteiger partial charge in [0.05, 0.1) is 0 Å². The molecule has 2 N–H and O–H groups in total. The molecule has 0 saturated carbocycles. The van der Waals surface area contributed by atoms with Gasteiger partial charge in [-0.25, -0.2) is 0 Å². The summed E-state index contributed by atoms with van der Waals surface area (Å²) >= 11 is 11.6. The molecule has 0 aliphatic carbocycles. The Morgan fingerprint density at radius 1 is 1.21 bits per heavy atom. The van der Waals surface area contributed by atoms with Crippen LogP contribution < -0.4 is 15.4 Å². The minimum Gasteiger partial charge on any atom is -0.484 e. The average Bonchev–Trinajstić information content (AvgIpc) is 2.31. The van der Waals surface area contributed by atoms with Crippen molar-refractivity contribution in [2.75, 3.05) is 26.7 Å². The number of benzene rings is 1. The largest absolute Gasteiger partial charge is 0.484 e. The molecule has 0 heterocycles. The van der Waals surface area contributed by atoms with Gasteiger partial charge in [0.25, 0.3) is 5.91 Å². The fourth-order valence-corrected chi connectivity index (χ4v) is 1.81. The van der Waals surface area contributed by atoms with Crippen molar-refractivity contribution in [3.05, 3.63) is 28.2 Å². The molecule has 0 spiro atoms. The summed E-state index contributed by atoms with van der Waals surface area (Å²) < 4.78 is 5.29. The lowest BCUT2D eigenvalue weighted by Crippen LogP contribution is -2.30. The van der Waals surface area contributed by atoms with E-state index < -0.39 is 0 Å². The van der Waals surface area contributed by atoms with E-state index in [2.05, 4.69) is 10.6 Å². The van der Waals surface area contributed by atoms with Gasteiger partial charge in [0, 0.05) is 16.6 Å². The van der Waals surface area contributed by atoms with Crippen LogP contribution in [0.1, 0.15) is 6.42 Å². The van der Waals surface area contributed by atoms with Gasteiger partial charge in [0.15, 0.2) is 6.61 Å². The van der Waals surface area contributed by atoms with Gasteiger partial charge in [-0.1, -0.05) is 23.2 Å². The van der Waals surface area contributed by atoms with Crippen LogP contribution >= 0.6 is 35.6 Å². The third-order valence-electron chi connectivity index (χ3n) is 2.13. The maximum atomic E-state index is 11.4. The Morgan fingerprint density at radius 3 is 2.42 bits per heavy atom. The predicted molar refractivity (Wildman–Crippen MR) is 80.8 cm³/mol. The Kier molecular flexibility index (Phi) is 9.79. The number of carbonyl (C=O) groups is 1. The highest BCUT2D eigenvalue weighted by Gasteiger charge is 2.03. The van der Waals surface area contributed by atoms with Crippen LogP contribution in [0.15, 0.2) is 18.2 Å². The zero-order valence-electron chi connectivity index (χ0n) is 10.5. The average molecular weight is 328 g/mol. The number of nitrogens with one attached hydrogen (secondary N) is 2. The van der Waals surface area contributed by atoms with E-state index in [1.807, 2.05) is 7.05 Å². The van der Waals surface area contributed by atoms with E-state index in [4.69, 9.17) is 27.9 Å². The molecular weight excluding hydrogens is 311 g/mol. The minimum absolute atomic E-state index is 0. The fourth-order valence-electron chi connectivity index (χ4n) is 1.30. The first-order valence-corrected chi connectivity index (χ1v) is 6.37. The van der Waals surface area contributed by atoms with Gasteiger partial charge in [-0.15, -0.1) is 12.4 Å². The quantitative estimate of drug-likeness (QED) is 0.757. The maximum absolute atomic E-state index is 11.4. The van der Waals surface area contributed by atoms with Gasteiger partial charge in [0.2, 0.25) is 0 Å². The van der Waals surface area contributed by atoms with Gasteiger partial charge >= 0.3 is 0 Å². The van der Waals surface area contributed by atoms with Gasteiger partial charge in [-0.05, 0) is 38.2 Å². The van der Waals surface area contributed by atoms with Crippen LogP contribution in [0.25, 0.3) is 0 Å². The van der Waals surface area contributed by atoms with Crippen LogP contribution in [-0.4, -0.2) is 32.7 Å². The molecule has 0 atom stereocenters. The lowest BCUT2D eigenvalue weighted by molar-refractivity contribution is -0.123. The summed E-state index contributed by atoms with van der Waals surface area (Å²) in [5, 5.41) is 6.70. The molecule has 1 amide bonds. The van der Waals surface area contributed by atoms with Crippen LogP contribution in [0.2, 0.25) is 10.0 Å². The summed E-state index contributed by atoms with van der Waals surface area (Å²) in [4.78, 5) is 11.4. The second-order valence-corrected chi connectivity index (χ2v) is 4.57. The first kappa shape index (κ1) is 18.3. The molecule has 0 radical (unpaired) electrons. The number of ether oxygens (including phenoxy) is 1. The van der Waals surface area contributed by atoms with Crippen LogP contribution in [-0.2, 0) is 4.79 Å². The summed E-state index contributed by atoms with van der Waals surface area (Å²) in [7, 11) is 1.87. The number of hydrogen-bond acceptors (Lipinski definition) is 3. The molecule has 0 saturated heterocycles. The molecule has 0 fully saturated rings. The first-order chi connectivity index (χ1) is 8.61. The number of carbonyl (C=O) groups excluding carboxylic acids is 1. The Labute approximate surface area is 129 Å². The van der Waals surface area contributed by atoms with E-state index in [0.717, 1.165) is 13.0 Å². The van der Waals surface area contributed by atoms with E-state index in [-0.39, 0.29) is 24.9 Å². The molecule has 0 aromatic heterocycles. The smallest absolute Gasteiger partial charge is 0.257 e. The molecule has 19 heavy (non-hydrogen) atoms. The van der Waals surface area contributed by atoms with E-state index >= 15 is 0 Å². The van der Waals surface area contributed by atoms with E-state index in [9.17, 15) is 4.79 Å². The van der Waals surface area contributed by atoms with Crippen molar-refractivity contribution < 1.29 is 9.53 Å². The highest BCUT2D eigenvalue weighted by atomic mass is 35.5. The fraction of sp³-hybridized carbons (Fsp3) is 0.417. The Bertz CT molecular complexity index is 382. The Balaban J connectivity index is 0.00000324. The molecule has 7 heteroatoms. The molecule has 108 valence electrons. The van der Waals surface area contributed by atoms with Gasteiger partial charge < -0.3 is 15.4 Å². The highest BCUT2D eigenvalue weighted by Crippen LogP contribution is 2.23. The van der Waals surface area contributed by atoms with Crippen molar-refractivity contribution in [3.63, 3.8) is 0 Å². The van der Waals surface area contributed by atoms with Crippen molar-refractivity contribution in [1.82, 2.24) is 10.6 Å². The van der Waals surface area contributed by atoms with Crippen molar-refractivity contribution in [2.45, 2.75) is 6.42 Å². The number of halogens is 3. The molecule has 1 aromatic rings. The summed E-state index contributed by atoms with van der Waals surface area (Å²) in [6.45, 7) is 1.45. The Hall–Kier alpha value is -0.680. The Morgan fingerprint density at radius 2 is 1.84 bits per heavy atom. The molecule has 4 nitrogen and oxygen atoms in total. The van der Waals surface area contributed by atoms with Crippen LogP contribution in [0.3, 0.4) is 0 Å². The van der Waals surface area contributed by atoms with E-state index in [0.29, 0.717) is 22.3 Å². The molecular formula is C12H17Cl3N2O2. The van der Waals surface area contributed by atoms with Crippen molar-refractivity contribution >= 4 is 41.5 Å².